The molecule has 0 unspecified atom stereocenters. The molecule has 0 aromatic heterocycles. The van der Waals surface area contributed by atoms with Crippen LogP contribution in [0.5, 0.6) is 0 Å². The van der Waals surface area contributed by atoms with Crippen molar-refractivity contribution in [2.24, 2.45) is 0 Å². The van der Waals surface area contributed by atoms with Crippen LogP contribution in [0.2, 0.25) is 0 Å². The molecule has 8 aromatic carbocycles. The van der Waals surface area contributed by atoms with Crippen LogP contribution in [0.15, 0.2) is 189 Å². The summed E-state index contributed by atoms with van der Waals surface area (Å²) in [7, 11) is 0. The zero-order chi connectivity index (χ0) is 40.0. The Balaban J connectivity index is 1.30. The van der Waals surface area contributed by atoms with Gasteiger partial charge in [-0.25, -0.2) is 4.85 Å². The summed E-state index contributed by atoms with van der Waals surface area (Å²) in [6.45, 7) is 15.7. The van der Waals surface area contributed by atoms with E-state index in [4.69, 9.17) is 6.57 Å². The average molecular weight is 748 g/mol. The van der Waals surface area contributed by atoms with Gasteiger partial charge in [-0.05, 0) is 84.6 Å². The van der Waals surface area contributed by atoms with Crippen molar-refractivity contribution < 1.29 is 0 Å². The highest BCUT2D eigenvalue weighted by Crippen LogP contribution is 2.41. The molecule has 0 spiro atoms. The summed E-state index contributed by atoms with van der Waals surface area (Å²) in [5.41, 5.74) is 20.1. The van der Waals surface area contributed by atoms with E-state index in [9.17, 15) is 5.26 Å². The van der Waals surface area contributed by atoms with Crippen molar-refractivity contribution in [3.63, 3.8) is 0 Å². The number of benzene rings is 8. The molecule has 0 saturated heterocycles. The number of hydrogen-bond donors (Lipinski definition) is 0. The highest BCUT2D eigenvalue weighted by molar-refractivity contribution is 7.02. The highest BCUT2D eigenvalue weighted by Gasteiger charge is 2.44. The van der Waals surface area contributed by atoms with Gasteiger partial charge in [-0.1, -0.05) is 194 Å². The standard InChI is InChI=1S/C54H35B2N3/c1-4-36-16-20-38(21-17-36)40-26-28-52-47(30-40)55(45-12-8-6-9-13-45)49-32-44(42-24-25-43(35-57)51(34-42)58-3)33-50-54(49)59(52)53-29-27-41(39-22-18-37(5-2)19-23-39)31-48(53)56(50)46-14-10-7-11-15-46/h4-34H,1-2H2. The van der Waals surface area contributed by atoms with Crippen molar-refractivity contribution >= 4 is 81.1 Å². The molecule has 2 heterocycles. The SMILES string of the molecule is [C-]#[N+]c1cc(-c2cc3c4c(c2)B(c2ccccc2)c2cc(-c5ccc(C=C)cc5)ccc2N4c2ccc(-c4ccc(C=C)cc4)cc2B3c2ccccc2)ccc1C#N. The van der Waals surface area contributed by atoms with Gasteiger partial charge >= 0.3 is 0 Å². The minimum absolute atomic E-state index is 0.0946. The van der Waals surface area contributed by atoms with Gasteiger partial charge in [-0.15, -0.1) is 0 Å². The van der Waals surface area contributed by atoms with Gasteiger partial charge in [0.05, 0.1) is 18.2 Å². The largest absolute Gasteiger partial charge is 0.313 e. The van der Waals surface area contributed by atoms with Crippen LogP contribution >= 0.6 is 0 Å². The Kier molecular flexibility index (Phi) is 8.79. The van der Waals surface area contributed by atoms with E-state index in [1.54, 1.807) is 6.07 Å². The fourth-order valence-electron chi connectivity index (χ4n) is 9.12. The van der Waals surface area contributed by atoms with Crippen molar-refractivity contribution in [1.29, 1.82) is 5.26 Å². The second kappa shape index (κ2) is 14.6. The summed E-state index contributed by atoms with van der Waals surface area (Å²) >= 11 is 0. The molecule has 0 bridgehead atoms. The molecule has 2 aliphatic heterocycles. The third-order valence-electron chi connectivity index (χ3n) is 12.0. The summed E-state index contributed by atoms with van der Waals surface area (Å²) in [6, 6.07) is 65.2. The molecule has 2 aliphatic rings. The lowest BCUT2D eigenvalue weighted by atomic mass is 9.30. The molecular formula is C54H35B2N3. The van der Waals surface area contributed by atoms with Crippen LogP contribution in [0.3, 0.4) is 0 Å². The van der Waals surface area contributed by atoms with Gasteiger partial charge in [0.2, 0.25) is 19.1 Å². The van der Waals surface area contributed by atoms with Gasteiger partial charge in [0.25, 0.3) is 0 Å². The molecule has 8 aromatic rings. The van der Waals surface area contributed by atoms with E-state index in [0.29, 0.717) is 11.3 Å². The molecule has 272 valence electrons. The quantitative estimate of drug-likeness (QED) is 0.120. The predicted octanol–water partition coefficient (Wildman–Crippen LogP) is 9.53. The lowest BCUT2D eigenvalue weighted by molar-refractivity contribution is 1.30. The third kappa shape index (κ3) is 6.00. The Bertz CT molecular complexity index is 2880. The van der Waals surface area contributed by atoms with Crippen LogP contribution in [0.4, 0.5) is 22.7 Å². The summed E-state index contributed by atoms with van der Waals surface area (Å²) in [4.78, 5) is 6.27. The van der Waals surface area contributed by atoms with E-state index < -0.39 is 0 Å². The van der Waals surface area contributed by atoms with E-state index >= 15 is 0 Å². The first-order chi connectivity index (χ1) is 29.1. The number of nitrogens with zero attached hydrogens (tertiary/aromatic N) is 3. The van der Waals surface area contributed by atoms with Gasteiger partial charge in [0, 0.05) is 17.1 Å². The number of fused-ring (bicyclic) bond motifs is 4. The molecule has 0 saturated carbocycles. The minimum Gasteiger partial charge on any atom is -0.313 e. The van der Waals surface area contributed by atoms with Crippen molar-refractivity contribution in [1.82, 2.24) is 0 Å². The van der Waals surface area contributed by atoms with Crippen molar-refractivity contribution in [3.8, 4) is 39.4 Å². The number of anilines is 3. The predicted molar refractivity (Wildman–Crippen MR) is 251 cm³/mol. The van der Waals surface area contributed by atoms with Gasteiger partial charge in [-0.3, -0.25) is 0 Å². The molecule has 59 heavy (non-hydrogen) atoms. The van der Waals surface area contributed by atoms with Crippen LogP contribution < -0.4 is 37.7 Å². The third-order valence-corrected chi connectivity index (χ3v) is 12.0. The van der Waals surface area contributed by atoms with Crippen LogP contribution in [0.1, 0.15) is 16.7 Å². The van der Waals surface area contributed by atoms with Gasteiger partial charge in [-0.2, -0.15) is 5.26 Å². The van der Waals surface area contributed by atoms with Crippen molar-refractivity contribution in [2.75, 3.05) is 4.90 Å². The lowest BCUT2D eigenvalue weighted by Crippen LogP contribution is -2.65. The first-order valence-electron chi connectivity index (χ1n) is 19.8. The maximum absolute atomic E-state index is 9.85. The van der Waals surface area contributed by atoms with Crippen LogP contribution in [-0.4, -0.2) is 13.4 Å². The topological polar surface area (TPSA) is 31.4 Å². The zero-order valence-electron chi connectivity index (χ0n) is 32.3. The average Bonchev–Trinajstić information content (AvgIpc) is 3.31. The molecule has 0 atom stereocenters. The normalized spacial score (nSPS) is 12.1. The fourth-order valence-corrected chi connectivity index (χ4v) is 9.12. The van der Waals surface area contributed by atoms with Gasteiger partial charge < -0.3 is 4.90 Å². The summed E-state index contributed by atoms with van der Waals surface area (Å²) < 4.78 is 0. The van der Waals surface area contributed by atoms with Gasteiger partial charge in [0.15, 0.2) is 0 Å². The maximum atomic E-state index is 9.85. The number of hydrogen-bond acceptors (Lipinski definition) is 2. The Hall–Kier alpha value is -7.85. The smallest absolute Gasteiger partial charge is 0.246 e. The van der Waals surface area contributed by atoms with E-state index in [2.05, 4.69) is 187 Å². The maximum Gasteiger partial charge on any atom is 0.246 e. The monoisotopic (exact) mass is 747 g/mol. The molecular weight excluding hydrogens is 712 g/mol. The van der Waals surface area contributed by atoms with E-state index in [0.717, 1.165) is 55.9 Å². The van der Waals surface area contributed by atoms with Crippen molar-refractivity contribution in [3.05, 3.63) is 217 Å². The summed E-state index contributed by atoms with van der Waals surface area (Å²) in [6.07, 6.45) is 3.75. The Morgan fingerprint density at radius 2 is 0.915 bits per heavy atom. The molecule has 0 amide bonds. The summed E-state index contributed by atoms with van der Waals surface area (Å²) in [5.74, 6) is 0. The highest BCUT2D eigenvalue weighted by atomic mass is 15.2. The fraction of sp³-hybridized carbons (Fsp3) is 0. The first-order valence-corrected chi connectivity index (χ1v) is 19.8. The Morgan fingerprint density at radius 3 is 1.36 bits per heavy atom. The molecule has 10 rings (SSSR count). The lowest BCUT2D eigenvalue weighted by Gasteiger charge is -2.44. The zero-order valence-corrected chi connectivity index (χ0v) is 32.3. The van der Waals surface area contributed by atoms with Crippen LogP contribution in [0, 0.1) is 17.9 Å². The van der Waals surface area contributed by atoms with Crippen LogP contribution in [-0.2, 0) is 0 Å². The molecule has 3 nitrogen and oxygen atoms in total. The minimum atomic E-state index is -0.0946. The number of nitriles is 1. The summed E-state index contributed by atoms with van der Waals surface area (Å²) in [5, 5.41) is 9.85. The molecule has 0 N–H and O–H groups in total. The second-order valence-corrected chi connectivity index (χ2v) is 15.2. The molecule has 0 radical (unpaired) electrons. The van der Waals surface area contributed by atoms with E-state index in [-0.39, 0.29) is 13.4 Å². The Labute approximate surface area is 346 Å². The first kappa shape index (κ1) is 35.6. The van der Waals surface area contributed by atoms with Gasteiger partial charge in [0.1, 0.15) is 0 Å². The van der Waals surface area contributed by atoms with E-state index in [1.165, 1.54) is 38.5 Å². The molecule has 0 aliphatic carbocycles. The van der Waals surface area contributed by atoms with Crippen LogP contribution in [0.25, 0.3) is 50.4 Å². The van der Waals surface area contributed by atoms with E-state index in [1.807, 2.05) is 24.3 Å². The number of rotatable bonds is 7. The Morgan fingerprint density at radius 1 is 0.492 bits per heavy atom. The second-order valence-electron chi connectivity index (χ2n) is 15.2. The van der Waals surface area contributed by atoms with Crippen molar-refractivity contribution in [2.45, 2.75) is 0 Å². The molecule has 5 heteroatoms. The molecule has 0 fully saturated rings.